The Labute approximate surface area is 132 Å². The van der Waals surface area contributed by atoms with Gasteiger partial charge in [-0.2, -0.15) is 10.2 Å². The lowest BCUT2D eigenvalue weighted by atomic mass is 10.2. The molecule has 0 aliphatic rings. The smallest absolute Gasteiger partial charge is 0.273 e. The van der Waals surface area contributed by atoms with Crippen LogP contribution in [0.2, 0.25) is 0 Å². The van der Waals surface area contributed by atoms with Crippen LogP contribution in [-0.2, 0) is 11.2 Å². The van der Waals surface area contributed by atoms with E-state index in [9.17, 15) is 14.4 Å². The van der Waals surface area contributed by atoms with Crippen molar-refractivity contribution in [1.29, 1.82) is 0 Å². The topological polar surface area (TPSA) is 120 Å². The SMILES string of the molecule is O=C(CCc1n[nH]c(=O)[nH]c1=O)N/N=C/c1ccccc1Br. The quantitative estimate of drug-likeness (QED) is 0.521. The highest BCUT2D eigenvalue weighted by Crippen LogP contribution is 2.13. The molecule has 0 unspecified atom stereocenters. The van der Waals surface area contributed by atoms with Gasteiger partial charge in [0.2, 0.25) is 5.91 Å². The number of hydrazone groups is 1. The zero-order valence-electron chi connectivity index (χ0n) is 11.3. The predicted octanol–water partition coefficient (Wildman–Crippen LogP) is 0.304. The highest BCUT2D eigenvalue weighted by molar-refractivity contribution is 9.10. The van der Waals surface area contributed by atoms with Crippen molar-refractivity contribution in [3.63, 3.8) is 0 Å². The minimum atomic E-state index is -0.684. The van der Waals surface area contributed by atoms with Crippen LogP contribution in [0.3, 0.4) is 0 Å². The maximum absolute atomic E-state index is 11.6. The van der Waals surface area contributed by atoms with E-state index in [1.165, 1.54) is 6.21 Å². The van der Waals surface area contributed by atoms with Gasteiger partial charge in [0.15, 0.2) is 0 Å². The third kappa shape index (κ3) is 4.48. The van der Waals surface area contributed by atoms with E-state index in [0.29, 0.717) is 0 Å². The standard InChI is InChI=1S/C13H12BrN5O3/c14-9-4-2-1-3-8(9)7-15-18-11(20)6-5-10-12(21)16-13(22)19-17-10/h1-4,7H,5-6H2,(H,18,20)(H2,16,19,21,22)/b15-7+. The largest absolute Gasteiger partial charge is 0.342 e. The van der Waals surface area contributed by atoms with E-state index in [4.69, 9.17) is 0 Å². The molecule has 2 rings (SSSR count). The summed E-state index contributed by atoms with van der Waals surface area (Å²) < 4.78 is 0.858. The van der Waals surface area contributed by atoms with Gasteiger partial charge in [0.25, 0.3) is 5.56 Å². The summed E-state index contributed by atoms with van der Waals surface area (Å²) in [5.74, 6) is -0.365. The van der Waals surface area contributed by atoms with Crippen molar-refractivity contribution in [3.8, 4) is 0 Å². The Bertz CT molecular complexity index is 812. The number of carbonyl (C=O) groups excluding carboxylic acids is 1. The van der Waals surface area contributed by atoms with Crippen molar-refractivity contribution in [3.05, 3.63) is 60.8 Å². The molecule has 0 spiro atoms. The second-order valence-corrected chi connectivity index (χ2v) is 5.12. The molecule has 9 heteroatoms. The fourth-order valence-corrected chi connectivity index (χ4v) is 1.97. The number of hydrogen-bond donors (Lipinski definition) is 3. The number of rotatable bonds is 5. The maximum Gasteiger partial charge on any atom is 0.342 e. The van der Waals surface area contributed by atoms with Crippen LogP contribution in [0, 0.1) is 0 Å². The van der Waals surface area contributed by atoms with E-state index in [1.807, 2.05) is 29.2 Å². The molecule has 0 bridgehead atoms. The van der Waals surface area contributed by atoms with Crippen molar-refractivity contribution < 1.29 is 4.79 Å². The van der Waals surface area contributed by atoms with Gasteiger partial charge in [0.05, 0.1) is 6.21 Å². The van der Waals surface area contributed by atoms with Gasteiger partial charge in [-0.05, 0) is 6.07 Å². The van der Waals surface area contributed by atoms with Gasteiger partial charge in [0.1, 0.15) is 5.69 Å². The van der Waals surface area contributed by atoms with Crippen molar-refractivity contribution >= 4 is 28.1 Å². The molecule has 1 amide bonds. The number of amides is 1. The number of halogens is 1. The minimum Gasteiger partial charge on any atom is -0.273 e. The number of H-pyrrole nitrogens is 2. The van der Waals surface area contributed by atoms with Crippen LogP contribution in [0.15, 0.2) is 43.4 Å². The molecular formula is C13H12BrN5O3. The number of aromatic nitrogens is 3. The molecule has 0 saturated heterocycles. The molecule has 0 saturated carbocycles. The lowest BCUT2D eigenvalue weighted by molar-refractivity contribution is -0.121. The zero-order valence-corrected chi connectivity index (χ0v) is 12.9. The van der Waals surface area contributed by atoms with Gasteiger partial charge in [0, 0.05) is 22.9 Å². The molecule has 8 nitrogen and oxygen atoms in total. The number of benzene rings is 1. The monoisotopic (exact) mass is 365 g/mol. The number of hydrogen-bond acceptors (Lipinski definition) is 5. The van der Waals surface area contributed by atoms with Crippen LogP contribution >= 0.6 is 15.9 Å². The van der Waals surface area contributed by atoms with E-state index >= 15 is 0 Å². The van der Waals surface area contributed by atoms with Crippen LogP contribution in [0.5, 0.6) is 0 Å². The first-order valence-corrected chi connectivity index (χ1v) is 7.10. The second-order valence-electron chi connectivity index (χ2n) is 4.27. The lowest BCUT2D eigenvalue weighted by Crippen LogP contribution is -2.28. The van der Waals surface area contributed by atoms with Gasteiger partial charge < -0.3 is 0 Å². The number of carbonyl (C=O) groups is 1. The molecule has 0 aliphatic carbocycles. The molecule has 0 atom stereocenters. The van der Waals surface area contributed by atoms with Gasteiger partial charge in [-0.15, -0.1) is 0 Å². The molecule has 0 radical (unpaired) electrons. The highest BCUT2D eigenvalue weighted by Gasteiger charge is 2.06. The Kier molecular flexibility index (Phi) is 5.37. The van der Waals surface area contributed by atoms with Crippen LogP contribution in [0.25, 0.3) is 0 Å². The summed E-state index contributed by atoms with van der Waals surface area (Å²) in [6.07, 6.45) is 1.63. The summed E-state index contributed by atoms with van der Waals surface area (Å²) in [6, 6.07) is 7.41. The van der Waals surface area contributed by atoms with Crippen molar-refractivity contribution in [2.75, 3.05) is 0 Å². The molecule has 22 heavy (non-hydrogen) atoms. The van der Waals surface area contributed by atoms with Crippen LogP contribution in [0.4, 0.5) is 0 Å². The second kappa shape index (κ2) is 7.46. The first-order chi connectivity index (χ1) is 10.6. The van der Waals surface area contributed by atoms with Crippen LogP contribution in [-0.4, -0.2) is 27.3 Å². The normalized spacial score (nSPS) is 10.8. The minimum absolute atomic E-state index is 0.0232. The number of aromatic amines is 2. The molecular weight excluding hydrogens is 354 g/mol. The number of nitrogens with zero attached hydrogens (tertiary/aromatic N) is 2. The Morgan fingerprint density at radius 3 is 2.86 bits per heavy atom. The lowest BCUT2D eigenvalue weighted by Gasteiger charge is -2.00. The number of nitrogens with one attached hydrogen (secondary N) is 3. The summed E-state index contributed by atoms with van der Waals surface area (Å²) in [5, 5.41) is 9.52. The van der Waals surface area contributed by atoms with Gasteiger partial charge in [-0.3, -0.25) is 14.6 Å². The Morgan fingerprint density at radius 2 is 2.14 bits per heavy atom. The number of aryl methyl sites for hydroxylation is 1. The van der Waals surface area contributed by atoms with Crippen molar-refractivity contribution in [2.45, 2.75) is 12.8 Å². The average Bonchev–Trinajstić information content (AvgIpc) is 2.48. The van der Waals surface area contributed by atoms with Crippen LogP contribution in [0.1, 0.15) is 17.7 Å². The first-order valence-electron chi connectivity index (χ1n) is 6.30. The predicted molar refractivity (Wildman–Crippen MR) is 83.7 cm³/mol. The van der Waals surface area contributed by atoms with Gasteiger partial charge in [-0.1, -0.05) is 34.1 Å². The molecule has 1 aromatic heterocycles. The third-order valence-corrected chi connectivity index (χ3v) is 3.39. The molecule has 114 valence electrons. The first kappa shape index (κ1) is 15.8. The molecule has 0 aliphatic heterocycles. The summed E-state index contributed by atoms with van der Waals surface area (Å²) >= 11 is 3.36. The summed E-state index contributed by atoms with van der Waals surface area (Å²) in [5.41, 5.74) is 1.98. The van der Waals surface area contributed by atoms with Crippen molar-refractivity contribution in [1.82, 2.24) is 20.6 Å². The van der Waals surface area contributed by atoms with Crippen molar-refractivity contribution in [2.24, 2.45) is 5.10 Å². The Balaban J connectivity index is 1.87. The van der Waals surface area contributed by atoms with E-state index < -0.39 is 11.2 Å². The molecule has 1 aromatic carbocycles. The summed E-state index contributed by atoms with van der Waals surface area (Å²) in [4.78, 5) is 35.9. The van der Waals surface area contributed by atoms with E-state index in [2.05, 4.69) is 36.7 Å². The van der Waals surface area contributed by atoms with Crippen LogP contribution < -0.4 is 16.7 Å². The molecule has 0 fully saturated rings. The molecule has 3 N–H and O–H groups in total. The summed E-state index contributed by atoms with van der Waals surface area (Å²) in [7, 11) is 0. The summed E-state index contributed by atoms with van der Waals surface area (Å²) in [6.45, 7) is 0. The fraction of sp³-hybridized carbons (Fsp3) is 0.154. The van der Waals surface area contributed by atoms with E-state index in [1.54, 1.807) is 0 Å². The molecule has 1 heterocycles. The zero-order chi connectivity index (χ0) is 15.9. The molecule has 2 aromatic rings. The third-order valence-electron chi connectivity index (χ3n) is 2.67. The Morgan fingerprint density at radius 1 is 1.36 bits per heavy atom. The van der Waals surface area contributed by atoms with Gasteiger partial charge in [-0.25, -0.2) is 15.3 Å². The fourth-order valence-electron chi connectivity index (χ4n) is 1.58. The highest BCUT2D eigenvalue weighted by atomic mass is 79.9. The maximum atomic E-state index is 11.6. The van der Waals surface area contributed by atoms with E-state index in [-0.39, 0.29) is 24.4 Å². The van der Waals surface area contributed by atoms with E-state index in [0.717, 1.165) is 10.0 Å². The van der Waals surface area contributed by atoms with Gasteiger partial charge >= 0.3 is 5.69 Å². The Hall–Kier alpha value is -2.55. The average molecular weight is 366 g/mol.